The molecule has 0 saturated heterocycles. The molecule has 1 aliphatic carbocycles. The molecule has 0 atom stereocenters. The molecule has 1 fully saturated rings. The van der Waals surface area contributed by atoms with Crippen molar-refractivity contribution in [2.45, 2.75) is 25.8 Å². The number of aromatic nitrogens is 2. The Labute approximate surface area is 152 Å². The van der Waals surface area contributed by atoms with Crippen molar-refractivity contribution >= 4 is 17.6 Å². The van der Waals surface area contributed by atoms with E-state index in [0.717, 1.165) is 0 Å². The first-order chi connectivity index (χ1) is 12.8. The number of nitro benzene ring substituents is 1. The lowest BCUT2D eigenvalue weighted by molar-refractivity contribution is -0.384. The number of carboxylic acid groups (broad SMARTS) is 1. The van der Waals surface area contributed by atoms with Crippen LogP contribution in [0.15, 0.2) is 35.1 Å². The van der Waals surface area contributed by atoms with Crippen LogP contribution in [-0.4, -0.2) is 37.7 Å². The second-order valence-corrected chi connectivity index (χ2v) is 6.33. The molecule has 1 saturated carbocycles. The number of nitrogens with one attached hydrogen (secondary N) is 1. The van der Waals surface area contributed by atoms with Crippen LogP contribution in [0.1, 0.15) is 29.0 Å². The van der Waals surface area contributed by atoms with Gasteiger partial charge in [-0.15, -0.1) is 0 Å². The third-order valence-electron chi connectivity index (χ3n) is 4.45. The number of amides is 1. The van der Waals surface area contributed by atoms with Gasteiger partial charge >= 0.3 is 5.97 Å². The molecule has 10 heteroatoms. The van der Waals surface area contributed by atoms with Gasteiger partial charge in [-0.3, -0.25) is 24.5 Å². The fraction of sp³-hybridized carbons (Fsp3) is 0.294. The Morgan fingerprint density at radius 3 is 2.63 bits per heavy atom. The molecular formula is C17H16N4O6. The van der Waals surface area contributed by atoms with Crippen molar-refractivity contribution in [1.29, 1.82) is 0 Å². The molecule has 1 amide bonds. The molecule has 0 radical (unpaired) electrons. The van der Waals surface area contributed by atoms with Crippen molar-refractivity contribution in [2.75, 3.05) is 0 Å². The zero-order valence-electron chi connectivity index (χ0n) is 14.3. The van der Waals surface area contributed by atoms with Gasteiger partial charge in [-0.2, -0.15) is 5.10 Å². The number of aliphatic carboxylic acids is 1. The standard InChI is InChI=1S/C17H16N4O6/c1-9-6-14(22)15(16(23)18-11-7-10(8-11)17(24)25)19-20(9)12-4-2-3-5-13(12)21(26)27/h2-6,10-11H,7-8H2,1H3,(H,18,23)(H,24,25). The molecule has 3 rings (SSSR count). The average molecular weight is 372 g/mol. The van der Waals surface area contributed by atoms with E-state index in [-0.39, 0.29) is 30.3 Å². The van der Waals surface area contributed by atoms with E-state index in [2.05, 4.69) is 10.4 Å². The number of carbonyl (C=O) groups excluding carboxylic acids is 1. The normalized spacial score (nSPS) is 18.4. The van der Waals surface area contributed by atoms with E-state index in [4.69, 9.17) is 5.11 Å². The number of benzene rings is 1. The van der Waals surface area contributed by atoms with Crippen LogP contribution in [0.2, 0.25) is 0 Å². The van der Waals surface area contributed by atoms with Crippen LogP contribution in [0, 0.1) is 23.0 Å². The van der Waals surface area contributed by atoms with Crippen LogP contribution in [0.5, 0.6) is 0 Å². The van der Waals surface area contributed by atoms with Crippen LogP contribution in [-0.2, 0) is 4.79 Å². The molecular weight excluding hydrogens is 356 g/mol. The number of para-hydroxylation sites is 2. The number of rotatable bonds is 5. The molecule has 1 aliphatic rings. The molecule has 10 nitrogen and oxygen atoms in total. The highest BCUT2D eigenvalue weighted by Crippen LogP contribution is 2.27. The second kappa shape index (κ2) is 6.98. The summed E-state index contributed by atoms with van der Waals surface area (Å²) in [6.45, 7) is 1.55. The number of hydrogen-bond donors (Lipinski definition) is 2. The smallest absolute Gasteiger partial charge is 0.306 e. The maximum absolute atomic E-state index is 12.4. The van der Waals surface area contributed by atoms with Crippen LogP contribution >= 0.6 is 0 Å². The van der Waals surface area contributed by atoms with Crippen molar-refractivity contribution in [1.82, 2.24) is 15.1 Å². The Balaban J connectivity index is 1.92. The van der Waals surface area contributed by atoms with Gasteiger partial charge in [0.25, 0.3) is 11.6 Å². The second-order valence-electron chi connectivity index (χ2n) is 6.33. The van der Waals surface area contributed by atoms with Gasteiger partial charge in [0.2, 0.25) is 5.43 Å². The average Bonchev–Trinajstić information content (AvgIpc) is 2.57. The molecule has 2 aromatic rings. The van der Waals surface area contributed by atoms with Gasteiger partial charge in [0.15, 0.2) is 5.69 Å². The van der Waals surface area contributed by atoms with Crippen LogP contribution in [0.25, 0.3) is 5.69 Å². The molecule has 140 valence electrons. The Hall–Kier alpha value is -3.56. The van der Waals surface area contributed by atoms with Gasteiger partial charge in [-0.1, -0.05) is 12.1 Å². The summed E-state index contributed by atoms with van der Waals surface area (Å²) in [5.41, 5.74) is -0.776. The lowest BCUT2D eigenvalue weighted by Gasteiger charge is -2.32. The summed E-state index contributed by atoms with van der Waals surface area (Å²) in [5.74, 6) is -2.17. The number of carboxylic acids is 1. The third kappa shape index (κ3) is 3.54. The van der Waals surface area contributed by atoms with Crippen molar-refractivity contribution in [2.24, 2.45) is 5.92 Å². The molecule has 1 heterocycles. The maximum Gasteiger partial charge on any atom is 0.306 e. The summed E-state index contributed by atoms with van der Waals surface area (Å²) in [6.07, 6.45) is 0.566. The molecule has 0 spiro atoms. The first kappa shape index (κ1) is 18.2. The number of nitrogens with zero attached hydrogens (tertiary/aromatic N) is 3. The minimum atomic E-state index is -0.923. The minimum Gasteiger partial charge on any atom is -0.481 e. The minimum absolute atomic E-state index is 0.128. The molecule has 1 aromatic heterocycles. The maximum atomic E-state index is 12.4. The third-order valence-corrected chi connectivity index (χ3v) is 4.45. The zero-order chi connectivity index (χ0) is 19.7. The summed E-state index contributed by atoms with van der Waals surface area (Å²) in [4.78, 5) is 46.1. The Bertz CT molecular complexity index is 993. The number of aryl methyl sites for hydroxylation is 1. The van der Waals surface area contributed by atoms with E-state index in [9.17, 15) is 24.5 Å². The fourth-order valence-electron chi connectivity index (χ4n) is 2.94. The molecule has 2 N–H and O–H groups in total. The Kier molecular flexibility index (Phi) is 4.72. The molecule has 0 aliphatic heterocycles. The van der Waals surface area contributed by atoms with Gasteiger partial charge < -0.3 is 10.4 Å². The van der Waals surface area contributed by atoms with Crippen LogP contribution in [0.3, 0.4) is 0 Å². The summed E-state index contributed by atoms with van der Waals surface area (Å²) < 4.78 is 1.18. The lowest BCUT2D eigenvalue weighted by Crippen LogP contribution is -2.48. The Morgan fingerprint density at radius 2 is 2.00 bits per heavy atom. The molecule has 0 bridgehead atoms. The van der Waals surface area contributed by atoms with Crippen molar-refractivity contribution in [3.8, 4) is 5.69 Å². The highest BCUT2D eigenvalue weighted by molar-refractivity contribution is 5.92. The van der Waals surface area contributed by atoms with Gasteiger partial charge in [0, 0.05) is 23.9 Å². The lowest BCUT2D eigenvalue weighted by atomic mass is 9.80. The van der Waals surface area contributed by atoms with Crippen LogP contribution < -0.4 is 10.7 Å². The van der Waals surface area contributed by atoms with E-state index < -0.39 is 33.8 Å². The number of carbonyl (C=O) groups is 2. The van der Waals surface area contributed by atoms with Gasteiger partial charge in [-0.25, -0.2) is 4.68 Å². The van der Waals surface area contributed by atoms with Gasteiger partial charge in [0.1, 0.15) is 5.69 Å². The topological polar surface area (TPSA) is 144 Å². The van der Waals surface area contributed by atoms with E-state index in [1.807, 2.05) is 0 Å². The predicted molar refractivity (Wildman–Crippen MR) is 92.8 cm³/mol. The summed E-state index contributed by atoms with van der Waals surface area (Å²) >= 11 is 0. The van der Waals surface area contributed by atoms with E-state index in [1.54, 1.807) is 13.0 Å². The van der Waals surface area contributed by atoms with Gasteiger partial charge in [-0.05, 0) is 25.8 Å². The SMILES string of the molecule is Cc1cc(=O)c(C(=O)NC2CC(C(=O)O)C2)nn1-c1ccccc1[N+](=O)[O-]. The molecule has 27 heavy (non-hydrogen) atoms. The number of nitro groups is 1. The van der Waals surface area contributed by atoms with Crippen molar-refractivity contribution in [3.63, 3.8) is 0 Å². The van der Waals surface area contributed by atoms with Crippen molar-refractivity contribution < 1.29 is 19.6 Å². The summed E-state index contributed by atoms with van der Waals surface area (Å²) in [6, 6.07) is 6.69. The summed E-state index contributed by atoms with van der Waals surface area (Å²) in [7, 11) is 0. The molecule has 0 unspecified atom stereocenters. The number of hydrogen-bond acceptors (Lipinski definition) is 6. The first-order valence-corrected chi connectivity index (χ1v) is 8.16. The van der Waals surface area contributed by atoms with E-state index in [1.165, 1.54) is 28.9 Å². The zero-order valence-corrected chi connectivity index (χ0v) is 14.3. The van der Waals surface area contributed by atoms with E-state index in [0.29, 0.717) is 5.69 Å². The monoisotopic (exact) mass is 372 g/mol. The molecule has 1 aromatic carbocycles. The quantitative estimate of drug-likeness (QED) is 0.589. The largest absolute Gasteiger partial charge is 0.481 e. The highest BCUT2D eigenvalue weighted by atomic mass is 16.6. The first-order valence-electron chi connectivity index (χ1n) is 8.16. The van der Waals surface area contributed by atoms with Gasteiger partial charge in [0.05, 0.1) is 10.8 Å². The highest BCUT2D eigenvalue weighted by Gasteiger charge is 2.36. The Morgan fingerprint density at radius 1 is 1.33 bits per heavy atom. The van der Waals surface area contributed by atoms with Crippen LogP contribution in [0.4, 0.5) is 5.69 Å². The predicted octanol–water partition coefficient (Wildman–Crippen LogP) is 1.04. The van der Waals surface area contributed by atoms with E-state index >= 15 is 0 Å². The fourth-order valence-corrected chi connectivity index (χ4v) is 2.94. The summed E-state index contributed by atoms with van der Waals surface area (Å²) in [5, 5.41) is 26.7. The van der Waals surface area contributed by atoms with Crippen molar-refractivity contribution in [3.05, 3.63) is 62.1 Å².